The first-order valence-corrected chi connectivity index (χ1v) is 13.5. The number of ether oxygens (including phenoxy) is 7. The Morgan fingerprint density at radius 3 is 1.76 bits per heavy atom. The molecule has 0 unspecified atom stereocenters. The molecular formula is C31H36O11. The zero-order chi connectivity index (χ0) is 30.0. The maximum atomic E-state index is 11.0. The number of fused-ring (bicyclic) bond motifs is 1. The van der Waals surface area contributed by atoms with Crippen LogP contribution in [0.1, 0.15) is 35.0 Å². The van der Waals surface area contributed by atoms with Crippen molar-refractivity contribution in [3.8, 4) is 40.2 Å². The maximum Gasteiger partial charge on any atom is 0.204 e. The zero-order valence-corrected chi connectivity index (χ0v) is 23.9. The van der Waals surface area contributed by atoms with E-state index >= 15 is 0 Å². The van der Waals surface area contributed by atoms with Gasteiger partial charge in [-0.25, -0.2) is 0 Å². The first-order valence-electron chi connectivity index (χ1n) is 13.5. The molecule has 2 saturated heterocycles. The quantitative estimate of drug-likeness (QED) is 0.262. The van der Waals surface area contributed by atoms with Crippen LogP contribution in [0.4, 0.5) is 0 Å². The summed E-state index contributed by atoms with van der Waals surface area (Å²) >= 11 is 0. The largest absolute Gasteiger partial charge is 0.504 e. The van der Waals surface area contributed by atoms with Crippen LogP contribution >= 0.6 is 0 Å². The number of phenols is 2. The summed E-state index contributed by atoms with van der Waals surface area (Å²) in [5, 5.41) is 41.0. The zero-order valence-electron chi connectivity index (χ0n) is 23.9. The van der Waals surface area contributed by atoms with Crippen molar-refractivity contribution in [1.82, 2.24) is 0 Å². The number of aliphatic hydroxyl groups excluding tert-OH is 2. The molecule has 2 aliphatic rings. The first kappa shape index (κ1) is 29.6. The number of aromatic hydroxyl groups is 2. The summed E-state index contributed by atoms with van der Waals surface area (Å²) in [7, 11) is 5.90. The van der Waals surface area contributed by atoms with Crippen LogP contribution in [0.15, 0.2) is 48.5 Å². The fourth-order valence-corrected chi connectivity index (χ4v) is 5.73. The van der Waals surface area contributed by atoms with Crippen LogP contribution in [0, 0.1) is 11.8 Å². The van der Waals surface area contributed by atoms with Crippen LogP contribution < -0.4 is 23.7 Å². The second kappa shape index (κ2) is 12.5. The monoisotopic (exact) mass is 584 g/mol. The lowest BCUT2D eigenvalue weighted by atomic mass is 9.84. The second-order valence-electron chi connectivity index (χ2n) is 10.2. The van der Waals surface area contributed by atoms with Gasteiger partial charge in [-0.2, -0.15) is 0 Å². The Balaban J connectivity index is 1.39. The van der Waals surface area contributed by atoms with E-state index in [2.05, 4.69) is 0 Å². The third kappa shape index (κ3) is 5.48. The lowest BCUT2D eigenvalue weighted by Crippen LogP contribution is -2.29. The van der Waals surface area contributed by atoms with Crippen molar-refractivity contribution in [2.45, 2.75) is 24.4 Å². The van der Waals surface area contributed by atoms with Gasteiger partial charge in [-0.15, -0.1) is 0 Å². The van der Waals surface area contributed by atoms with Gasteiger partial charge in [0.15, 0.2) is 40.6 Å². The highest BCUT2D eigenvalue weighted by molar-refractivity contribution is 5.55. The molecule has 11 nitrogen and oxygen atoms in total. The molecule has 0 radical (unpaired) electrons. The Morgan fingerprint density at radius 2 is 1.21 bits per heavy atom. The van der Waals surface area contributed by atoms with Gasteiger partial charge in [-0.1, -0.05) is 12.1 Å². The molecular weight excluding hydrogens is 548 g/mol. The van der Waals surface area contributed by atoms with Gasteiger partial charge in [-0.3, -0.25) is 0 Å². The third-order valence-electron chi connectivity index (χ3n) is 7.95. The van der Waals surface area contributed by atoms with E-state index in [0.29, 0.717) is 36.0 Å². The molecule has 3 aromatic rings. The molecule has 4 N–H and O–H groups in total. The first-order chi connectivity index (χ1) is 20.3. The van der Waals surface area contributed by atoms with E-state index in [9.17, 15) is 20.4 Å². The molecule has 0 aromatic heterocycles. The molecule has 2 heterocycles. The highest BCUT2D eigenvalue weighted by Crippen LogP contribution is 2.53. The van der Waals surface area contributed by atoms with E-state index in [1.165, 1.54) is 46.6 Å². The molecule has 226 valence electrons. The van der Waals surface area contributed by atoms with Crippen molar-refractivity contribution < 1.29 is 53.6 Å². The van der Waals surface area contributed by atoms with Gasteiger partial charge in [-0.05, 0) is 53.1 Å². The molecule has 5 rings (SSSR count). The molecule has 11 heteroatoms. The van der Waals surface area contributed by atoms with Crippen LogP contribution in [-0.4, -0.2) is 74.8 Å². The van der Waals surface area contributed by atoms with Gasteiger partial charge in [0, 0.05) is 11.8 Å². The summed E-state index contributed by atoms with van der Waals surface area (Å²) in [6.07, 6.45) is -2.87. The highest BCUT2D eigenvalue weighted by atomic mass is 16.6. The van der Waals surface area contributed by atoms with Crippen molar-refractivity contribution in [3.63, 3.8) is 0 Å². The van der Waals surface area contributed by atoms with Gasteiger partial charge in [0.05, 0.1) is 60.5 Å². The Hall–Kier alpha value is -3.90. The van der Waals surface area contributed by atoms with Gasteiger partial charge in [0.1, 0.15) is 6.10 Å². The van der Waals surface area contributed by atoms with Gasteiger partial charge < -0.3 is 53.6 Å². The van der Waals surface area contributed by atoms with Crippen LogP contribution in [0.5, 0.6) is 40.2 Å². The predicted molar refractivity (Wildman–Crippen MR) is 150 cm³/mol. The topological polar surface area (TPSA) is 146 Å². The fraction of sp³-hybridized carbons (Fsp3) is 0.419. The van der Waals surface area contributed by atoms with Crippen LogP contribution in [0.2, 0.25) is 0 Å². The van der Waals surface area contributed by atoms with E-state index in [-0.39, 0.29) is 47.0 Å². The second-order valence-corrected chi connectivity index (χ2v) is 10.2. The summed E-state index contributed by atoms with van der Waals surface area (Å²) in [4.78, 5) is 0. The molecule has 0 spiro atoms. The summed E-state index contributed by atoms with van der Waals surface area (Å²) in [5.41, 5.74) is 2.09. The number of phenolic OH excluding ortho intramolecular Hbond substituents is 2. The third-order valence-corrected chi connectivity index (χ3v) is 7.95. The van der Waals surface area contributed by atoms with E-state index < -0.39 is 18.8 Å². The smallest absolute Gasteiger partial charge is 0.204 e. The molecule has 42 heavy (non-hydrogen) atoms. The highest BCUT2D eigenvalue weighted by Gasteiger charge is 2.48. The molecule has 0 bridgehead atoms. The van der Waals surface area contributed by atoms with E-state index in [1.54, 1.807) is 24.3 Å². The number of hydrogen-bond donors (Lipinski definition) is 4. The Morgan fingerprint density at radius 1 is 0.714 bits per heavy atom. The number of rotatable bonds is 11. The summed E-state index contributed by atoms with van der Waals surface area (Å²) in [5.74, 6) is 1.56. The minimum absolute atomic E-state index is 0.0486. The molecule has 0 amide bonds. The summed E-state index contributed by atoms with van der Waals surface area (Å²) in [6, 6.07) is 13.2. The van der Waals surface area contributed by atoms with E-state index in [0.717, 1.165) is 11.1 Å². The number of benzene rings is 3. The molecule has 0 saturated carbocycles. The summed E-state index contributed by atoms with van der Waals surface area (Å²) < 4.78 is 40.3. The minimum atomic E-state index is -1.26. The molecule has 3 aromatic carbocycles. The van der Waals surface area contributed by atoms with Crippen molar-refractivity contribution in [3.05, 3.63) is 65.2 Å². The van der Waals surface area contributed by atoms with E-state index in [1.807, 2.05) is 6.07 Å². The summed E-state index contributed by atoms with van der Waals surface area (Å²) in [6.45, 7) is 0.427. The van der Waals surface area contributed by atoms with Crippen molar-refractivity contribution >= 4 is 0 Å². The molecule has 2 aliphatic heterocycles. The molecule has 6 atom stereocenters. The average molecular weight is 585 g/mol. The number of methoxy groups -OCH3 is 4. The Kier molecular flexibility index (Phi) is 8.83. The van der Waals surface area contributed by atoms with Crippen molar-refractivity contribution in [2.75, 3.05) is 48.3 Å². The SMILES string of the molecule is COc1cc([C@H](O)[C@@H](CO)Oc2c(OC)cc([C@@H]3OC[C@@H]4[C@H]3CO[C@H]4c3ccc(O)c(OC)c3)cc2OC)ccc1O. The van der Waals surface area contributed by atoms with Crippen molar-refractivity contribution in [1.29, 1.82) is 0 Å². The van der Waals surface area contributed by atoms with Crippen molar-refractivity contribution in [2.24, 2.45) is 11.8 Å². The standard InChI is InChI=1S/C31H36O11/c1-36-23-9-16(5-7-21(23)33)28(35)27(13-32)42-31-25(38-3)11-18(12-26(31)39-4)30-20-15-40-29(19(20)14-41-30)17-6-8-22(34)24(10-17)37-2/h5-12,19-20,27-30,32-35H,13-15H2,1-4H3/t19-,20-,27-,28+,29+,30+/m1/s1. The van der Waals surface area contributed by atoms with Gasteiger partial charge in [0.2, 0.25) is 5.75 Å². The van der Waals surface area contributed by atoms with Crippen LogP contribution in [-0.2, 0) is 9.47 Å². The Bertz CT molecular complexity index is 1370. The van der Waals surface area contributed by atoms with Crippen LogP contribution in [0.3, 0.4) is 0 Å². The number of aliphatic hydroxyl groups is 2. The minimum Gasteiger partial charge on any atom is -0.504 e. The predicted octanol–water partition coefficient (Wildman–Crippen LogP) is 3.68. The van der Waals surface area contributed by atoms with Gasteiger partial charge in [0.25, 0.3) is 0 Å². The lowest BCUT2D eigenvalue weighted by Gasteiger charge is -2.26. The Labute approximate surface area is 243 Å². The average Bonchev–Trinajstić information content (AvgIpc) is 3.62. The van der Waals surface area contributed by atoms with Crippen LogP contribution in [0.25, 0.3) is 0 Å². The maximum absolute atomic E-state index is 11.0. The lowest BCUT2D eigenvalue weighted by molar-refractivity contribution is -0.00197. The van der Waals surface area contributed by atoms with Gasteiger partial charge >= 0.3 is 0 Å². The molecule has 2 fully saturated rings. The normalized spacial score (nSPS) is 22.7. The molecule has 0 aliphatic carbocycles. The van der Waals surface area contributed by atoms with E-state index in [4.69, 9.17) is 33.2 Å². The fourth-order valence-electron chi connectivity index (χ4n) is 5.73. The number of hydrogen-bond acceptors (Lipinski definition) is 11.